The molecule has 5 N–H and O–H groups in total. The normalized spacial score (nSPS) is 16.5. The van der Waals surface area contributed by atoms with Crippen LogP contribution in [0.1, 0.15) is 62.8 Å². The highest BCUT2D eigenvalue weighted by Crippen LogP contribution is 2.52. The van der Waals surface area contributed by atoms with Crippen LogP contribution < -0.4 is 16.0 Å². The molecule has 5 aromatic carbocycles. The van der Waals surface area contributed by atoms with E-state index in [2.05, 4.69) is 99.1 Å². The third-order valence-electron chi connectivity index (χ3n) is 11.3. The summed E-state index contributed by atoms with van der Waals surface area (Å²) >= 11 is 0. The molecular formula is C45H46N8O5. The van der Waals surface area contributed by atoms with Gasteiger partial charge in [0.25, 0.3) is 0 Å². The number of ether oxygens (including phenoxy) is 1. The van der Waals surface area contributed by atoms with Gasteiger partial charge in [-0.15, -0.1) is 0 Å². The summed E-state index contributed by atoms with van der Waals surface area (Å²) in [5, 5.41) is 12.3. The first kappa shape index (κ1) is 38.1. The number of fused-ring (bicyclic) bond motifs is 6. The Bertz CT molecular complexity index is 2690. The number of nitrogens with one attached hydrogen (secondary N) is 5. The molecule has 13 heteroatoms. The molecule has 13 nitrogen and oxygen atoms in total. The number of carbonyl (C=O) groups excluding carboxylic acids is 4. The van der Waals surface area contributed by atoms with Gasteiger partial charge in [-0.05, 0) is 70.0 Å². The number of hydrogen-bond acceptors (Lipinski definition) is 7. The fourth-order valence-electron chi connectivity index (χ4n) is 8.55. The topological polar surface area (TPSA) is 174 Å². The summed E-state index contributed by atoms with van der Waals surface area (Å²) in [5.41, 5.74) is 6.30. The molecule has 1 aliphatic carbocycles. The molecule has 8 rings (SSSR count). The number of methoxy groups -OCH3 is 1. The van der Waals surface area contributed by atoms with Gasteiger partial charge in [-0.25, -0.2) is 14.8 Å². The molecule has 4 amide bonds. The molecule has 0 saturated heterocycles. The fraction of sp³-hybridized carbons (Fsp3) is 0.289. The van der Waals surface area contributed by atoms with Crippen molar-refractivity contribution in [2.75, 3.05) is 20.2 Å². The van der Waals surface area contributed by atoms with Gasteiger partial charge in [-0.1, -0.05) is 87.5 Å². The summed E-state index contributed by atoms with van der Waals surface area (Å²) in [4.78, 5) is 68.1. The van der Waals surface area contributed by atoms with Gasteiger partial charge in [0.15, 0.2) is 0 Å². The molecule has 7 aromatic rings. The molecule has 0 aliphatic heterocycles. The van der Waals surface area contributed by atoms with Crippen molar-refractivity contribution in [3.63, 3.8) is 0 Å². The van der Waals surface area contributed by atoms with E-state index in [1.807, 2.05) is 43.3 Å². The maximum Gasteiger partial charge on any atom is 0.407 e. The minimum Gasteiger partial charge on any atom is -0.453 e. The van der Waals surface area contributed by atoms with Crippen molar-refractivity contribution in [1.29, 1.82) is 0 Å². The molecule has 58 heavy (non-hydrogen) atoms. The zero-order valence-electron chi connectivity index (χ0n) is 32.9. The van der Waals surface area contributed by atoms with Gasteiger partial charge in [-0.3, -0.25) is 14.4 Å². The van der Waals surface area contributed by atoms with Gasteiger partial charge in [0, 0.05) is 29.3 Å². The van der Waals surface area contributed by atoms with Crippen LogP contribution >= 0.6 is 0 Å². The maximum atomic E-state index is 13.8. The molecule has 0 bridgehead atoms. The van der Waals surface area contributed by atoms with Crippen molar-refractivity contribution in [1.82, 2.24) is 40.8 Å². The van der Waals surface area contributed by atoms with Gasteiger partial charge in [0.05, 0.1) is 35.7 Å². The second kappa shape index (κ2) is 15.6. The van der Waals surface area contributed by atoms with Gasteiger partial charge in [-0.2, -0.15) is 0 Å². The average molecular weight is 779 g/mol. The van der Waals surface area contributed by atoms with Crippen LogP contribution in [-0.4, -0.2) is 75.4 Å². The Labute approximate surface area is 334 Å². The van der Waals surface area contributed by atoms with E-state index < -0.39 is 12.1 Å². The number of hydrogen-bond donors (Lipinski definition) is 5. The smallest absolute Gasteiger partial charge is 0.407 e. The number of H-pyrrole nitrogens is 2. The lowest BCUT2D eigenvalue weighted by Gasteiger charge is -2.50. The van der Waals surface area contributed by atoms with E-state index >= 15 is 0 Å². The number of imidazole rings is 2. The SMILES string of the molecule is CCCN(Cc1nc2c(ccc3cc(-c4ccc5c(ccc6[nH]c([C@H]7C(NC(=O)CNC(=O)OC)CC7(C)C)nc65)c4)ccc32)[nH]1)C(=O)[C@H](NC=O)c1ccccc1. The van der Waals surface area contributed by atoms with E-state index in [1.165, 1.54) is 7.11 Å². The first-order chi connectivity index (χ1) is 28.1. The standard InChI is InChI=1S/C45H46N8O5/c1-5-19-53(43(56)39(47-25-54)26-9-7-6-8-10-26)24-36-48-33-17-13-29-20-27(11-15-31(29)40(33)51-36)28-12-16-32-30(21-28)14-18-34-41(32)52-42(50-34)38-35(22-45(38,2)3)49-37(55)23-46-44(57)58-4/h6-18,20-21,25,35,38-39H,5,19,22-24H2,1-4H3,(H,46,57)(H,47,54)(H,48,51)(H,49,55)(H,50,52)/t35?,38-,39-/m1/s1. The molecule has 2 aromatic heterocycles. The Kier molecular flexibility index (Phi) is 10.3. The summed E-state index contributed by atoms with van der Waals surface area (Å²) in [6, 6.07) is 29.4. The van der Waals surface area contributed by atoms with E-state index in [-0.39, 0.29) is 42.3 Å². The van der Waals surface area contributed by atoms with Crippen LogP contribution in [0.15, 0.2) is 91.0 Å². The summed E-state index contributed by atoms with van der Waals surface area (Å²) in [6.45, 7) is 7.00. The van der Waals surface area contributed by atoms with E-state index in [9.17, 15) is 19.2 Å². The predicted octanol–water partition coefficient (Wildman–Crippen LogP) is 6.99. The van der Waals surface area contributed by atoms with Crippen molar-refractivity contribution in [2.45, 2.75) is 58.2 Å². The van der Waals surface area contributed by atoms with Crippen LogP contribution in [0.5, 0.6) is 0 Å². The van der Waals surface area contributed by atoms with E-state index in [0.717, 1.165) is 79.0 Å². The number of nitrogens with zero attached hydrogens (tertiary/aromatic N) is 3. The highest BCUT2D eigenvalue weighted by molar-refractivity contribution is 6.07. The third-order valence-corrected chi connectivity index (χ3v) is 11.3. The lowest BCUT2D eigenvalue weighted by atomic mass is 9.58. The summed E-state index contributed by atoms with van der Waals surface area (Å²) in [5.74, 6) is 1.00. The molecule has 2 heterocycles. The highest BCUT2D eigenvalue weighted by Gasteiger charge is 2.50. The second-order valence-corrected chi connectivity index (χ2v) is 15.7. The molecule has 3 atom stereocenters. The van der Waals surface area contributed by atoms with Crippen molar-refractivity contribution >= 4 is 67.9 Å². The molecule has 1 saturated carbocycles. The molecule has 1 fully saturated rings. The number of amides is 4. The Balaban J connectivity index is 1.03. The van der Waals surface area contributed by atoms with Crippen LogP contribution in [0.3, 0.4) is 0 Å². The number of rotatable bonds is 13. The molecule has 0 radical (unpaired) electrons. The minimum absolute atomic E-state index is 0.0264. The monoisotopic (exact) mass is 778 g/mol. The zero-order valence-corrected chi connectivity index (χ0v) is 32.9. The van der Waals surface area contributed by atoms with E-state index in [4.69, 9.17) is 9.97 Å². The number of alkyl carbamates (subject to hydrolysis) is 1. The molecule has 296 valence electrons. The van der Waals surface area contributed by atoms with Gasteiger partial charge in [0.1, 0.15) is 24.2 Å². The molecule has 0 spiro atoms. The van der Waals surface area contributed by atoms with Crippen LogP contribution in [0, 0.1) is 5.41 Å². The summed E-state index contributed by atoms with van der Waals surface area (Å²) in [7, 11) is 1.26. The number of aromatic nitrogens is 4. The van der Waals surface area contributed by atoms with Gasteiger partial charge < -0.3 is 35.6 Å². The minimum atomic E-state index is -0.787. The molecule has 1 unspecified atom stereocenters. The largest absolute Gasteiger partial charge is 0.453 e. The Morgan fingerprint density at radius 2 is 1.55 bits per heavy atom. The maximum absolute atomic E-state index is 13.8. The predicted molar refractivity (Wildman–Crippen MR) is 224 cm³/mol. The molecule has 1 aliphatic rings. The number of carbonyl (C=O) groups is 4. The van der Waals surface area contributed by atoms with Crippen LogP contribution in [-0.2, 0) is 25.7 Å². The van der Waals surface area contributed by atoms with Crippen LogP contribution in [0.25, 0.3) is 54.7 Å². The summed E-state index contributed by atoms with van der Waals surface area (Å²) in [6.07, 6.45) is 1.46. The van der Waals surface area contributed by atoms with Gasteiger partial charge in [0.2, 0.25) is 18.2 Å². The highest BCUT2D eigenvalue weighted by atomic mass is 16.5. The van der Waals surface area contributed by atoms with E-state index in [1.54, 1.807) is 4.90 Å². The lowest BCUT2D eigenvalue weighted by molar-refractivity contribution is -0.135. The molecular weight excluding hydrogens is 733 g/mol. The fourth-order valence-corrected chi connectivity index (χ4v) is 8.55. The van der Waals surface area contributed by atoms with Crippen LogP contribution in [0.2, 0.25) is 0 Å². The second-order valence-electron chi connectivity index (χ2n) is 15.7. The van der Waals surface area contributed by atoms with Crippen LogP contribution in [0.4, 0.5) is 4.79 Å². The Morgan fingerprint density at radius 3 is 2.17 bits per heavy atom. The quantitative estimate of drug-likeness (QED) is 0.0785. The Morgan fingerprint density at radius 1 is 0.897 bits per heavy atom. The number of benzene rings is 5. The average Bonchev–Trinajstić information content (AvgIpc) is 3.85. The van der Waals surface area contributed by atoms with E-state index in [0.29, 0.717) is 18.8 Å². The first-order valence-electron chi connectivity index (χ1n) is 19.6. The number of aromatic amines is 2. The zero-order chi connectivity index (χ0) is 40.6. The van der Waals surface area contributed by atoms with Gasteiger partial charge >= 0.3 is 6.09 Å². The first-order valence-corrected chi connectivity index (χ1v) is 19.6. The van der Waals surface area contributed by atoms with Crippen molar-refractivity contribution in [3.8, 4) is 11.1 Å². The summed E-state index contributed by atoms with van der Waals surface area (Å²) < 4.78 is 4.58. The van der Waals surface area contributed by atoms with Crippen molar-refractivity contribution < 1.29 is 23.9 Å². The third kappa shape index (κ3) is 7.31. The Hall–Kier alpha value is -6.76. The van der Waals surface area contributed by atoms with Crippen molar-refractivity contribution in [3.05, 3.63) is 108 Å². The van der Waals surface area contributed by atoms with Crippen molar-refractivity contribution in [2.24, 2.45) is 5.41 Å². The lowest BCUT2D eigenvalue weighted by Crippen LogP contribution is -2.56.